The van der Waals surface area contributed by atoms with Crippen molar-refractivity contribution in [2.24, 2.45) is 0 Å². The number of oxazole rings is 1. The van der Waals surface area contributed by atoms with Crippen LogP contribution in [0.5, 0.6) is 0 Å². The molecule has 3 nitrogen and oxygen atoms in total. The molecule has 0 bridgehead atoms. The quantitative estimate of drug-likeness (QED) is 0.921. The van der Waals surface area contributed by atoms with E-state index in [0.29, 0.717) is 23.0 Å². The maximum absolute atomic E-state index is 13.3. The zero-order valence-corrected chi connectivity index (χ0v) is 11.2. The highest BCUT2D eigenvalue weighted by atomic mass is 35.5. The monoisotopic (exact) mass is 286 g/mol. The van der Waals surface area contributed by atoms with Crippen LogP contribution in [0.25, 0.3) is 11.1 Å². The topological polar surface area (TPSA) is 38.1 Å². The normalized spacial score (nSPS) is 20.4. The zero-order valence-electron chi connectivity index (χ0n) is 9.58. The summed E-state index contributed by atoms with van der Waals surface area (Å²) in [5.41, 5.74) is 1.07. The summed E-state index contributed by atoms with van der Waals surface area (Å²) < 4.78 is 18.8. The third-order valence-electron chi connectivity index (χ3n) is 2.89. The Kier molecular flexibility index (Phi) is 3.46. The second-order valence-electron chi connectivity index (χ2n) is 4.27. The fraction of sp³-hybridized carbons (Fsp3) is 0.417. The van der Waals surface area contributed by atoms with Gasteiger partial charge < -0.3 is 9.73 Å². The SMILES string of the molecule is Fc1cc2oc(CC3CSCCN3)nc2cc1Cl. The molecule has 2 aromatic rings. The van der Waals surface area contributed by atoms with Crippen molar-refractivity contribution >= 4 is 34.5 Å². The minimum atomic E-state index is -0.474. The Morgan fingerprint density at radius 3 is 3.22 bits per heavy atom. The maximum Gasteiger partial charge on any atom is 0.197 e. The number of nitrogens with zero attached hydrogens (tertiary/aromatic N) is 1. The van der Waals surface area contributed by atoms with Gasteiger partial charge in [0.15, 0.2) is 11.5 Å². The molecule has 1 aliphatic heterocycles. The van der Waals surface area contributed by atoms with Crippen LogP contribution in [-0.4, -0.2) is 29.1 Å². The number of rotatable bonds is 2. The van der Waals surface area contributed by atoms with Crippen molar-refractivity contribution in [3.8, 4) is 0 Å². The summed E-state index contributed by atoms with van der Waals surface area (Å²) >= 11 is 7.64. The minimum Gasteiger partial charge on any atom is -0.441 e. The van der Waals surface area contributed by atoms with E-state index in [9.17, 15) is 4.39 Å². The van der Waals surface area contributed by atoms with E-state index in [1.54, 1.807) is 0 Å². The molecule has 1 fully saturated rings. The van der Waals surface area contributed by atoms with Crippen molar-refractivity contribution in [3.05, 3.63) is 28.9 Å². The molecular formula is C12H12ClFN2OS. The number of aromatic nitrogens is 1. The fourth-order valence-electron chi connectivity index (χ4n) is 2.02. The smallest absolute Gasteiger partial charge is 0.197 e. The Morgan fingerprint density at radius 2 is 2.44 bits per heavy atom. The first-order valence-electron chi connectivity index (χ1n) is 5.78. The molecule has 18 heavy (non-hydrogen) atoms. The Hall–Kier alpha value is -0.780. The molecule has 1 saturated heterocycles. The van der Waals surface area contributed by atoms with E-state index < -0.39 is 5.82 Å². The van der Waals surface area contributed by atoms with Crippen molar-refractivity contribution in [1.29, 1.82) is 0 Å². The number of thioether (sulfide) groups is 1. The number of hydrogen-bond donors (Lipinski definition) is 1. The van der Waals surface area contributed by atoms with Gasteiger partial charge in [0.05, 0.1) is 5.02 Å². The Morgan fingerprint density at radius 1 is 1.56 bits per heavy atom. The lowest BCUT2D eigenvalue weighted by molar-refractivity contribution is 0.468. The fourth-order valence-corrected chi connectivity index (χ4v) is 3.13. The molecule has 2 heterocycles. The molecule has 1 atom stereocenters. The third kappa shape index (κ3) is 2.48. The predicted molar refractivity (Wildman–Crippen MR) is 71.8 cm³/mol. The van der Waals surface area contributed by atoms with Gasteiger partial charge in [0.1, 0.15) is 11.3 Å². The molecule has 96 valence electrons. The van der Waals surface area contributed by atoms with Crippen LogP contribution in [0.1, 0.15) is 5.89 Å². The molecule has 1 N–H and O–H groups in total. The Bertz CT molecular complexity index is 529. The molecule has 0 aliphatic carbocycles. The molecule has 0 amide bonds. The van der Waals surface area contributed by atoms with Crippen molar-refractivity contribution < 1.29 is 8.81 Å². The summed E-state index contributed by atoms with van der Waals surface area (Å²) in [7, 11) is 0. The highest BCUT2D eigenvalue weighted by Gasteiger charge is 2.17. The summed E-state index contributed by atoms with van der Waals surface area (Å²) in [5.74, 6) is 2.35. The van der Waals surface area contributed by atoms with Crippen LogP contribution in [0.3, 0.4) is 0 Å². The van der Waals surface area contributed by atoms with E-state index in [1.165, 1.54) is 12.1 Å². The molecule has 3 rings (SSSR count). The Balaban J connectivity index is 1.84. The predicted octanol–water partition coefficient (Wildman–Crippen LogP) is 2.87. The standard InChI is InChI=1S/C12H12ClFN2OS/c13-8-4-10-11(5-9(8)14)17-12(16-10)3-7-6-18-2-1-15-7/h4-5,7,15H,1-3,6H2. The average Bonchev–Trinajstić information content (AvgIpc) is 2.72. The lowest BCUT2D eigenvalue weighted by atomic mass is 10.2. The largest absolute Gasteiger partial charge is 0.441 e. The van der Waals surface area contributed by atoms with Gasteiger partial charge in [-0.05, 0) is 6.07 Å². The number of halogens is 2. The van der Waals surface area contributed by atoms with Gasteiger partial charge in [-0.2, -0.15) is 11.8 Å². The Labute approximate surface area is 113 Å². The van der Waals surface area contributed by atoms with Gasteiger partial charge in [0.2, 0.25) is 0 Å². The summed E-state index contributed by atoms with van der Waals surface area (Å²) in [6.45, 7) is 1.01. The van der Waals surface area contributed by atoms with Crippen molar-refractivity contribution in [1.82, 2.24) is 10.3 Å². The lowest BCUT2D eigenvalue weighted by Crippen LogP contribution is -2.38. The second-order valence-corrected chi connectivity index (χ2v) is 5.83. The van der Waals surface area contributed by atoms with E-state index in [1.807, 2.05) is 11.8 Å². The summed E-state index contributed by atoms with van der Waals surface area (Å²) in [5, 5.41) is 3.49. The van der Waals surface area contributed by atoms with Crippen LogP contribution < -0.4 is 5.32 Å². The van der Waals surface area contributed by atoms with Gasteiger partial charge in [-0.15, -0.1) is 0 Å². The second kappa shape index (κ2) is 5.07. The number of fused-ring (bicyclic) bond motifs is 1. The van der Waals surface area contributed by atoms with Crippen molar-refractivity contribution in [3.63, 3.8) is 0 Å². The lowest BCUT2D eigenvalue weighted by Gasteiger charge is -2.21. The molecule has 6 heteroatoms. The van der Waals surface area contributed by atoms with Crippen LogP contribution >= 0.6 is 23.4 Å². The van der Waals surface area contributed by atoms with Gasteiger partial charge >= 0.3 is 0 Å². The average molecular weight is 287 g/mol. The van der Waals surface area contributed by atoms with Crippen molar-refractivity contribution in [2.45, 2.75) is 12.5 Å². The van der Waals surface area contributed by atoms with Crippen molar-refractivity contribution in [2.75, 3.05) is 18.1 Å². The van der Waals surface area contributed by atoms with Gasteiger partial charge in [-0.25, -0.2) is 9.37 Å². The van der Waals surface area contributed by atoms with Gasteiger partial charge in [0.25, 0.3) is 0 Å². The van der Waals surface area contributed by atoms with Crippen LogP contribution in [0.15, 0.2) is 16.5 Å². The first kappa shape index (κ1) is 12.3. The molecule has 1 unspecified atom stereocenters. The highest BCUT2D eigenvalue weighted by Crippen LogP contribution is 2.24. The minimum absolute atomic E-state index is 0.0775. The van der Waals surface area contributed by atoms with Gasteiger partial charge in [-0.3, -0.25) is 0 Å². The zero-order chi connectivity index (χ0) is 12.5. The van der Waals surface area contributed by atoms with E-state index in [4.69, 9.17) is 16.0 Å². The van der Waals surface area contributed by atoms with Gasteiger partial charge in [-0.1, -0.05) is 11.6 Å². The summed E-state index contributed by atoms with van der Waals surface area (Å²) in [6.07, 6.45) is 0.723. The number of nitrogens with one attached hydrogen (secondary N) is 1. The summed E-state index contributed by atoms with van der Waals surface area (Å²) in [4.78, 5) is 4.34. The van der Waals surface area contributed by atoms with Crippen LogP contribution in [0.2, 0.25) is 5.02 Å². The first-order valence-corrected chi connectivity index (χ1v) is 7.31. The third-order valence-corrected chi connectivity index (χ3v) is 4.31. The summed E-state index contributed by atoms with van der Waals surface area (Å²) in [6, 6.07) is 3.16. The van der Waals surface area contributed by atoms with E-state index in [2.05, 4.69) is 10.3 Å². The first-order chi connectivity index (χ1) is 8.72. The molecule has 1 aliphatic rings. The van der Waals surface area contributed by atoms with Gasteiger partial charge in [0, 0.05) is 36.6 Å². The van der Waals surface area contributed by atoms with E-state index in [0.717, 1.165) is 24.5 Å². The van der Waals surface area contributed by atoms with Crippen LogP contribution in [0, 0.1) is 5.82 Å². The highest BCUT2D eigenvalue weighted by molar-refractivity contribution is 7.99. The van der Waals surface area contributed by atoms with Crippen LogP contribution in [-0.2, 0) is 6.42 Å². The number of hydrogen-bond acceptors (Lipinski definition) is 4. The van der Waals surface area contributed by atoms with Crippen LogP contribution in [0.4, 0.5) is 4.39 Å². The number of benzene rings is 1. The molecule has 1 aromatic carbocycles. The molecular weight excluding hydrogens is 275 g/mol. The maximum atomic E-state index is 13.3. The molecule has 0 spiro atoms. The molecule has 1 aromatic heterocycles. The molecule has 0 saturated carbocycles. The van der Waals surface area contributed by atoms with E-state index >= 15 is 0 Å². The van der Waals surface area contributed by atoms with E-state index in [-0.39, 0.29) is 5.02 Å². The molecule has 0 radical (unpaired) electrons.